The molecule has 2 aromatic rings. The Hall–Kier alpha value is -1.62. The number of nitrogens with two attached hydrogens (primary N) is 1. The first-order valence-electron chi connectivity index (χ1n) is 4.76. The van der Waals surface area contributed by atoms with Crippen molar-refractivity contribution in [3.8, 4) is 0 Å². The lowest BCUT2D eigenvalue weighted by molar-refractivity contribution is 1.21. The molecule has 3 N–H and O–H groups in total. The van der Waals surface area contributed by atoms with Gasteiger partial charge in [0, 0.05) is 10.2 Å². The van der Waals surface area contributed by atoms with Gasteiger partial charge in [-0.3, -0.25) is 4.98 Å². The maximum Gasteiger partial charge on any atom is 0.151 e. The van der Waals surface area contributed by atoms with E-state index in [1.807, 2.05) is 25.1 Å². The van der Waals surface area contributed by atoms with Gasteiger partial charge in [-0.15, -0.1) is 0 Å². The predicted molar refractivity (Wildman–Crippen MR) is 68.6 cm³/mol. The highest BCUT2D eigenvalue weighted by molar-refractivity contribution is 9.10. The van der Waals surface area contributed by atoms with E-state index in [9.17, 15) is 0 Å². The molecule has 0 radical (unpaired) electrons. The van der Waals surface area contributed by atoms with Gasteiger partial charge in [0.25, 0.3) is 0 Å². The molecule has 0 aliphatic carbocycles. The summed E-state index contributed by atoms with van der Waals surface area (Å²) < 4.78 is 1.08. The molecule has 0 saturated carbocycles. The van der Waals surface area contributed by atoms with Crippen molar-refractivity contribution < 1.29 is 0 Å². The van der Waals surface area contributed by atoms with Gasteiger partial charge in [-0.1, -0.05) is 15.9 Å². The highest BCUT2D eigenvalue weighted by Crippen LogP contribution is 2.22. The molecule has 4 nitrogen and oxygen atoms in total. The molecule has 0 aliphatic rings. The van der Waals surface area contributed by atoms with Crippen LogP contribution < -0.4 is 11.1 Å². The van der Waals surface area contributed by atoms with E-state index in [-0.39, 0.29) is 0 Å². The van der Waals surface area contributed by atoms with Crippen molar-refractivity contribution in [3.63, 3.8) is 0 Å². The summed E-state index contributed by atoms with van der Waals surface area (Å²) in [6, 6.07) is 5.97. The normalized spacial score (nSPS) is 10.1. The second-order valence-electron chi connectivity index (χ2n) is 3.42. The topological polar surface area (TPSA) is 63.8 Å². The molecule has 0 saturated heterocycles. The third-order valence-electron chi connectivity index (χ3n) is 2.08. The number of rotatable bonds is 2. The van der Waals surface area contributed by atoms with Crippen LogP contribution in [0.3, 0.4) is 0 Å². The summed E-state index contributed by atoms with van der Waals surface area (Å²) in [4.78, 5) is 8.07. The minimum absolute atomic E-state index is 0.402. The fourth-order valence-electron chi connectivity index (χ4n) is 1.31. The second-order valence-corrected chi connectivity index (χ2v) is 4.27. The average molecular weight is 279 g/mol. The number of halogens is 1. The standard InChI is InChI=1S/C11H11BrN4/c1-7-4-8(2-3-9(7)12)15-11-6-14-5-10(13)16-11/h2-6H,1H3,(H3,13,15,16). The number of benzene rings is 1. The third kappa shape index (κ3) is 2.49. The number of hydrogen-bond acceptors (Lipinski definition) is 4. The van der Waals surface area contributed by atoms with Crippen molar-refractivity contribution in [2.24, 2.45) is 0 Å². The Morgan fingerprint density at radius 3 is 2.81 bits per heavy atom. The van der Waals surface area contributed by atoms with E-state index in [1.165, 1.54) is 6.20 Å². The number of aromatic nitrogens is 2. The second kappa shape index (κ2) is 4.49. The SMILES string of the molecule is Cc1cc(Nc2cncc(N)n2)ccc1Br. The maximum absolute atomic E-state index is 5.55. The van der Waals surface area contributed by atoms with Gasteiger partial charge < -0.3 is 11.1 Å². The Balaban J connectivity index is 2.24. The summed E-state index contributed by atoms with van der Waals surface area (Å²) in [5.41, 5.74) is 7.66. The lowest BCUT2D eigenvalue weighted by Gasteiger charge is -2.07. The molecule has 0 amide bonds. The summed E-state index contributed by atoms with van der Waals surface area (Å²) in [5.74, 6) is 1.04. The van der Waals surface area contributed by atoms with Crippen LogP contribution in [0.2, 0.25) is 0 Å². The summed E-state index contributed by atoms with van der Waals surface area (Å²) in [5, 5.41) is 3.14. The molecule has 1 aromatic carbocycles. The van der Waals surface area contributed by atoms with Crippen LogP contribution >= 0.6 is 15.9 Å². The van der Waals surface area contributed by atoms with Gasteiger partial charge >= 0.3 is 0 Å². The largest absolute Gasteiger partial charge is 0.382 e. The smallest absolute Gasteiger partial charge is 0.151 e. The molecular weight excluding hydrogens is 268 g/mol. The van der Waals surface area contributed by atoms with E-state index in [1.54, 1.807) is 6.20 Å². The van der Waals surface area contributed by atoms with Crippen molar-refractivity contribution in [2.45, 2.75) is 6.92 Å². The lowest BCUT2D eigenvalue weighted by Crippen LogP contribution is -1.98. The van der Waals surface area contributed by atoms with Gasteiger partial charge in [-0.2, -0.15) is 0 Å². The molecule has 1 aromatic heterocycles. The Morgan fingerprint density at radius 1 is 1.31 bits per heavy atom. The first-order valence-corrected chi connectivity index (χ1v) is 5.55. The van der Waals surface area contributed by atoms with Crippen molar-refractivity contribution in [1.29, 1.82) is 0 Å². The van der Waals surface area contributed by atoms with Crippen molar-refractivity contribution >= 4 is 33.3 Å². The number of nitrogens with zero attached hydrogens (tertiary/aromatic N) is 2. The zero-order valence-corrected chi connectivity index (χ0v) is 10.3. The van der Waals surface area contributed by atoms with Gasteiger partial charge in [0.05, 0.1) is 12.4 Å². The van der Waals surface area contributed by atoms with Gasteiger partial charge in [0.15, 0.2) is 5.82 Å². The van der Waals surface area contributed by atoms with Crippen LogP contribution in [0, 0.1) is 6.92 Å². The molecule has 0 aliphatic heterocycles. The van der Waals surface area contributed by atoms with Crippen LogP contribution in [0.25, 0.3) is 0 Å². The molecule has 1 heterocycles. The number of anilines is 3. The highest BCUT2D eigenvalue weighted by Gasteiger charge is 1.99. The summed E-state index contributed by atoms with van der Waals surface area (Å²) in [6.45, 7) is 2.03. The van der Waals surface area contributed by atoms with E-state index < -0.39 is 0 Å². The molecule has 0 bridgehead atoms. The molecule has 2 rings (SSSR count). The third-order valence-corrected chi connectivity index (χ3v) is 2.97. The van der Waals surface area contributed by atoms with Gasteiger partial charge in [0.1, 0.15) is 5.82 Å². The van der Waals surface area contributed by atoms with E-state index in [0.717, 1.165) is 15.7 Å². The van der Waals surface area contributed by atoms with Crippen LogP contribution in [0.15, 0.2) is 35.1 Å². The molecule has 0 unspecified atom stereocenters. The van der Waals surface area contributed by atoms with E-state index in [0.29, 0.717) is 11.6 Å². The van der Waals surface area contributed by atoms with E-state index in [4.69, 9.17) is 5.73 Å². The lowest BCUT2D eigenvalue weighted by atomic mass is 10.2. The fraction of sp³-hybridized carbons (Fsp3) is 0.0909. The Bertz CT molecular complexity index is 513. The van der Waals surface area contributed by atoms with Crippen molar-refractivity contribution in [2.75, 3.05) is 11.1 Å². The van der Waals surface area contributed by atoms with Crippen LogP contribution in [-0.4, -0.2) is 9.97 Å². The van der Waals surface area contributed by atoms with Crippen LogP contribution in [0.5, 0.6) is 0 Å². The summed E-state index contributed by atoms with van der Waals surface area (Å²) in [7, 11) is 0. The van der Waals surface area contributed by atoms with Crippen LogP contribution in [0.4, 0.5) is 17.3 Å². The molecule has 5 heteroatoms. The molecule has 0 fully saturated rings. The molecule has 0 spiro atoms. The van der Waals surface area contributed by atoms with Gasteiger partial charge in [0.2, 0.25) is 0 Å². The minimum Gasteiger partial charge on any atom is -0.382 e. The average Bonchev–Trinajstić information content (AvgIpc) is 2.24. The summed E-state index contributed by atoms with van der Waals surface area (Å²) in [6.07, 6.45) is 3.14. The van der Waals surface area contributed by atoms with Crippen molar-refractivity contribution in [1.82, 2.24) is 9.97 Å². The molecule has 0 atom stereocenters. The Labute approximate surface area is 102 Å². The quantitative estimate of drug-likeness (QED) is 0.887. The fourth-order valence-corrected chi connectivity index (χ4v) is 1.56. The van der Waals surface area contributed by atoms with E-state index in [2.05, 4.69) is 31.2 Å². The maximum atomic E-state index is 5.55. The molecule has 16 heavy (non-hydrogen) atoms. The zero-order chi connectivity index (χ0) is 11.5. The molecule has 82 valence electrons. The zero-order valence-electron chi connectivity index (χ0n) is 8.74. The van der Waals surface area contributed by atoms with Crippen molar-refractivity contribution in [3.05, 3.63) is 40.6 Å². The number of nitrogen functional groups attached to an aromatic ring is 1. The van der Waals surface area contributed by atoms with Gasteiger partial charge in [-0.05, 0) is 30.7 Å². The first-order chi connectivity index (χ1) is 7.65. The van der Waals surface area contributed by atoms with Crippen LogP contribution in [-0.2, 0) is 0 Å². The number of aryl methyl sites for hydroxylation is 1. The molecular formula is C11H11BrN4. The Kier molecular flexibility index (Phi) is 3.05. The van der Waals surface area contributed by atoms with Crippen LogP contribution in [0.1, 0.15) is 5.56 Å². The number of nitrogens with one attached hydrogen (secondary N) is 1. The number of hydrogen-bond donors (Lipinski definition) is 2. The first kappa shape index (κ1) is 10.9. The summed E-state index contributed by atoms with van der Waals surface area (Å²) >= 11 is 3.45. The monoisotopic (exact) mass is 278 g/mol. The Morgan fingerprint density at radius 2 is 2.12 bits per heavy atom. The minimum atomic E-state index is 0.402. The predicted octanol–water partition coefficient (Wildman–Crippen LogP) is 2.87. The highest BCUT2D eigenvalue weighted by atomic mass is 79.9. The van der Waals surface area contributed by atoms with E-state index >= 15 is 0 Å². The van der Waals surface area contributed by atoms with Gasteiger partial charge in [-0.25, -0.2) is 4.98 Å².